The summed E-state index contributed by atoms with van der Waals surface area (Å²) in [5.41, 5.74) is 1.27. The number of benzene rings is 3. The summed E-state index contributed by atoms with van der Waals surface area (Å²) >= 11 is 25.4. The van der Waals surface area contributed by atoms with Crippen LogP contribution >= 0.6 is 46.4 Å². The molecule has 3 rings (SSSR count). The smallest absolute Gasteiger partial charge is 0.244 e. The first-order valence-corrected chi connectivity index (χ1v) is 15.7. The molecule has 0 bridgehead atoms. The predicted octanol–water partition coefficient (Wildman–Crippen LogP) is 6.23. The highest BCUT2D eigenvalue weighted by molar-refractivity contribution is 7.92. The molecule has 40 heavy (non-hydrogen) atoms. The minimum absolute atomic E-state index is 0.0378. The third-order valence-electron chi connectivity index (χ3n) is 6.07. The van der Waals surface area contributed by atoms with Crippen molar-refractivity contribution in [3.05, 3.63) is 97.9 Å². The van der Waals surface area contributed by atoms with Crippen molar-refractivity contribution in [2.75, 3.05) is 23.7 Å². The van der Waals surface area contributed by atoms with Crippen LogP contribution in [0.4, 0.5) is 5.69 Å². The fraction of sp³-hybridized carbons (Fsp3) is 0.286. The molecule has 0 spiro atoms. The summed E-state index contributed by atoms with van der Waals surface area (Å²) in [6, 6.07) is 17.4. The molecule has 1 unspecified atom stereocenters. The normalized spacial score (nSPS) is 12.1. The van der Waals surface area contributed by atoms with E-state index < -0.39 is 34.4 Å². The summed E-state index contributed by atoms with van der Waals surface area (Å²) in [6.45, 7) is 1.52. The molecule has 214 valence electrons. The van der Waals surface area contributed by atoms with Gasteiger partial charge in [-0.25, -0.2) is 8.42 Å². The lowest BCUT2D eigenvalue weighted by Gasteiger charge is -2.34. The number of nitrogens with one attached hydrogen (secondary N) is 1. The summed E-state index contributed by atoms with van der Waals surface area (Å²) in [6.07, 6.45) is 1.81. The van der Waals surface area contributed by atoms with Gasteiger partial charge in [0.25, 0.3) is 0 Å². The van der Waals surface area contributed by atoms with Gasteiger partial charge in [0.15, 0.2) is 0 Å². The maximum atomic E-state index is 14.1. The molecule has 12 heteroatoms. The molecule has 7 nitrogen and oxygen atoms in total. The fourth-order valence-corrected chi connectivity index (χ4v) is 5.85. The Bertz CT molecular complexity index is 1430. The fourth-order valence-electron chi connectivity index (χ4n) is 4.05. The second-order valence-corrected chi connectivity index (χ2v) is 12.6. The molecule has 0 aliphatic rings. The summed E-state index contributed by atoms with van der Waals surface area (Å²) in [5.74, 6) is -1.06. The number of anilines is 1. The lowest BCUT2D eigenvalue weighted by molar-refractivity contribution is -0.140. The van der Waals surface area contributed by atoms with Crippen LogP contribution in [-0.2, 0) is 32.6 Å². The van der Waals surface area contributed by atoms with Crippen LogP contribution in [0.2, 0.25) is 20.1 Å². The van der Waals surface area contributed by atoms with Crippen molar-refractivity contribution in [1.82, 2.24) is 10.2 Å². The van der Waals surface area contributed by atoms with Gasteiger partial charge in [-0.05, 0) is 42.3 Å². The number of sulfonamides is 1. The van der Waals surface area contributed by atoms with Crippen LogP contribution in [0.5, 0.6) is 0 Å². The number of amides is 2. The number of hydrogen-bond acceptors (Lipinski definition) is 4. The number of rotatable bonds is 12. The van der Waals surface area contributed by atoms with Crippen molar-refractivity contribution in [2.24, 2.45) is 0 Å². The summed E-state index contributed by atoms with van der Waals surface area (Å²) < 4.78 is 26.6. The minimum atomic E-state index is -4.00. The second-order valence-electron chi connectivity index (χ2n) is 9.08. The molecule has 0 saturated carbocycles. The first-order chi connectivity index (χ1) is 18.9. The zero-order valence-electron chi connectivity index (χ0n) is 21.9. The molecular weight excluding hydrogens is 616 g/mol. The number of hydrogen-bond donors (Lipinski definition) is 1. The zero-order chi connectivity index (χ0) is 29.4. The quantitative estimate of drug-likeness (QED) is 0.253. The number of carbonyl (C=O) groups is 2. The lowest BCUT2D eigenvalue weighted by Crippen LogP contribution is -2.53. The predicted molar refractivity (Wildman–Crippen MR) is 163 cm³/mol. The molecule has 0 heterocycles. The van der Waals surface area contributed by atoms with E-state index >= 15 is 0 Å². The van der Waals surface area contributed by atoms with Crippen molar-refractivity contribution in [1.29, 1.82) is 0 Å². The molecule has 0 aromatic heterocycles. The van der Waals surface area contributed by atoms with Gasteiger partial charge in [-0.2, -0.15) is 0 Å². The highest BCUT2D eigenvalue weighted by Gasteiger charge is 2.34. The van der Waals surface area contributed by atoms with Crippen molar-refractivity contribution in [3.8, 4) is 0 Å². The van der Waals surface area contributed by atoms with Crippen molar-refractivity contribution in [2.45, 2.75) is 32.4 Å². The Labute approximate surface area is 255 Å². The van der Waals surface area contributed by atoms with Gasteiger partial charge >= 0.3 is 0 Å². The first-order valence-electron chi connectivity index (χ1n) is 12.4. The molecule has 3 aromatic rings. The van der Waals surface area contributed by atoms with Crippen LogP contribution in [0.1, 0.15) is 24.5 Å². The minimum Gasteiger partial charge on any atom is -0.354 e. The molecule has 1 atom stereocenters. The number of carbonyl (C=O) groups excluding carboxylic acids is 2. The van der Waals surface area contributed by atoms with Gasteiger partial charge < -0.3 is 10.2 Å². The Hall–Kier alpha value is -2.49. The second kappa shape index (κ2) is 14.4. The molecule has 0 aliphatic heterocycles. The first kappa shape index (κ1) is 32.0. The Morgan fingerprint density at radius 3 is 2.15 bits per heavy atom. The largest absolute Gasteiger partial charge is 0.354 e. The van der Waals surface area contributed by atoms with E-state index in [4.69, 9.17) is 46.4 Å². The third-order valence-corrected chi connectivity index (χ3v) is 8.46. The summed E-state index contributed by atoms with van der Waals surface area (Å²) in [7, 11) is -4.00. The van der Waals surface area contributed by atoms with Gasteiger partial charge in [-0.1, -0.05) is 89.7 Å². The Morgan fingerprint density at radius 2 is 1.55 bits per heavy atom. The highest BCUT2D eigenvalue weighted by Crippen LogP contribution is 2.32. The van der Waals surface area contributed by atoms with E-state index in [0.717, 1.165) is 16.1 Å². The zero-order valence-corrected chi connectivity index (χ0v) is 25.8. The van der Waals surface area contributed by atoms with Crippen LogP contribution in [0.15, 0.2) is 66.7 Å². The van der Waals surface area contributed by atoms with Crippen molar-refractivity contribution < 1.29 is 18.0 Å². The third kappa shape index (κ3) is 8.51. The van der Waals surface area contributed by atoms with E-state index in [9.17, 15) is 18.0 Å². The molecular formula is C28H29Cl4N3O4S. The molecule has 0 saturated heterocycles. The number of nitrogens with zero attached hydrogens (tertiary/aromatic N) is 2. The van der Waals surface area contributed by atoms with Gasteiger partial charge in [0.05, 0.1) is 17.0 Å². The summed E-state index contributed by atoms with van der Waals surface area (Å²) in [5, 5.41) is 3.79. The van der Waals surface area contributed by atoms with Crippen molar-refractivity contribution in [3.63, 3.8) is 0 Å². The Balaban J connectivity index is 2.11. The van der Waals surface area contributed by atoms with E-state index in [-0.39, 0.29) is 28.7 Å². The molecule has 0 radical (unpaired) electrons. The average molecular weight is 645 g/mol. The SMILES string of the molecule is CCCNC(=O)C(Cc1ccccc1)N(Cc1c(Cl)cccc1Cl)C(=O)CN(c1cc(Cl)ccc1Cl)S(C)(=O)=O. The monoisotopic (exact) mass is 643 g/mol. The van der Waals surface area contributed by atoms with Crippen molar-refractivity contribution >= 4 is 73.9 Å². The van der Waals surface area contributed by atoms with Gasteiger partial charge in [-0.3, -0.25) is 13.9 Å². The Kier molecular flexibility index (Phi) is 11.5. The standard InChI is InChI=1S/C28H29Cl4N3O4S/c1-3-14-33-28(37)26(15-19-8-5-4-6-9-19)34(17-21-22(30)10-7-11-23(21)31)27(36)18-35(40(2,38)39)25-16-20(29)12-13-24(25)32/h4-13,16,26H,3,14-15,17-18H2,1-2H3,(H,33,37). The van der Waals surface area contributed by atoms with Gasteiger partial charge in [0, 0.05) is 40.1 Å². The van der Waals surface area contributed by atoms with Crippen LogP contribution < -0.4 is 9.62 Å². The molecule has 2 amide bonds. The van der Waals surface area contributed by atoms with Crippen LogP contribution in [0.3, 0.4) is 0 Å². The van der Waals surface area contributed by atoms with E-state index in [0.29, 0.717) is 28.6 Å². The maximum Gasteiger partial charge on any atom is 0.244 e. The maximum absolute atomic E-state index is 14.1. The molecule has 1 N–H and O–H groups in total. The molecule has 0 aliphatic carbocycles. The average Bonchev–Trinajstić information content (AvgIpc) is 2.90. The van der Waals surface area contributed by atoms with Gasteiger partial charge in [-0.15, -0.1) is 0 Å². The van der Waals surface area contributed by atoms with E-state index in [1.165, 1.54) is 23.1 Å². The molecule has 3 aromatic carbocycles. The van der Waals surface area contributed by atoms with Gasteiger partial charge in [0.1, 0.15) is 12.6 Å². The van der Waals surface area contributed by atoms with E-state index in [1.807, 2.05) is 37.3 Å². The lowest BCUT2D eigenvalue weighted by atomic mass is 10.0. The highest BCUT2D eigenvalue weighted by atomic mass is 35.5. The summed E-state index contributed by atoms with van der Waals surface area (Å²) in [4.78, 5) is 28.9. The van der Waals surface area contributed by atoms with E-state index in [2.05, 4.69) is 5.32 Å². The van der Waals surface area contributed by atoms with E-state index in [1.54, 1.807) is 18.2 Å². The Morgan fingerprint density at radius 1 is 0.900 bits per heavy atom. The van der Waals surface area contributed by atoms with Crippen LogP contribution in [0.25, 0.3) is 0 Å². The van der Waals surface area contributed by atoms with Gasteiger partial charge in [0.2, 0.25) is 21.8 Å². The number of halogens is 4. The van der Waals surface area contributed by atoms with Crippen LogP contribution in [-0.4, -0.2) is 50.5 Å². The van der Waals surface area contributed by atoms with Crippen LogP contribution in [0, 0.1) is 0 Å². The topological polar surface area (TPSA) is 86.8 Å². The molecule has 0 fully saturated rings.